The molecule has 1 amide bonds. The van der Waals surface area contributed by atoms with Gasteiger partial charge in [-0.05, 0) is 57.0 Å². The van der Waals surface area contributed by atoms with E-state index in [1.54, 1.807) is 18.2 Å². The fourth-order valence-electron chi connectivity index (χ4n) is 3.42. The van der Waals surface area contributed by atoms with Crippen molar-refractivity contribution in [2.75, 3.05) is 31.9 Å². The molecule has 2 heterocycles. The molecule has 5 heteroatoms. The van der Waals surface area contributed by atoms with Crippen LogP contribution < -0.4 is 5.73 Å². The fraction of sp³-hybridized carbons (Fsp3) is 0.562. The standard InChI is InChI=1S/C16H22ClN3O/c17-15-4-3-12(18)11-14(15)16(21)20-9-5-13(6-10-20)19-7-1-2-8-19/h3-4,11,13H,1-2,5-10,18H2. The Labute approximate surface area is 130 Å². The van der Waals surface area contributed by atoms with E-state index in [1.165, 1.54) is 25.9 Å². The number of likely N-dealkylation sites (tertiary alicyclic amines) is 2. The van der Waals surface area contributed by atoms with Crippen LogP contribution in [0.1, 0.15) is 36.0 Å². The lowest BCUT2D eigenvalue weighted by atomic mass is 10.0. The Balaban J connectivity index is 1.63. The molecule has 4 nitrogen and oxygen atoms in total. The average Bonchev–Trinajstić information content (AvgIpc) is 3.03. The summed E-state index contributed by atoms with van der Waals surface area (Å²) in [5.41, 5.74) is 6.87. The lowest BCUT2D eigenvalue weighted by Crippen LogP contribution is -2.46. The largest absolute Gasteiger partial charge is 0.399 e. The molecule has 0 aliphatic carbocycles. The van der Waals surface area contributed by atoms with Crippen LogP contribution >= 0.6 is 11.6 Å². The molecule has 21 heavy (non-hydrogen) atoms. The summed E-state index contributed by atoms with van der Waals surface area (Å²) >= 11 is 6.13. The van der Waals surface area contributed by atoms with Crippen LogP contribution in [0.2, 0.25) is 5.02 Å². The normalized spacial score (nSPS) is 20.9. The first-order chi connectivity index (χ1) is 10.1. The minimum atomic E-state index is 0.00664. The van der Waals surface area contributed by atoms with E-state index < -0.39 is 0 Å². The number of halogens is 1. The summed E-state index contributed by atoms with van der Waals surface area (Å²) in [6.45, 7) is 4.07. The number of rotatable bonds is 2. The van der Waals surface area contributed by atoms with Crippen LogP contribution in [0.5, 0.6) is 0 Å². The van der Waals surface area contributed by atoms with Gasteiger partial charge in [0.25, 0.3) is 5.91 Å². The number of hydrogen-bond donors (Lipinski definition) is 1. The van der Waals surface area contributed by atoms with Gasteiger partial charge in [-0.2, -0.15) is 0 Å². The first kappa shape index (κ1) is 14.7. The van der Waals surface area contributed by atoms with E-state index in [0.29, 0.717) is 22.3 Å². The summed E-state index contributed by atoms with van der Waals surface area (Å²) in [4.78, 5) is 17.1. The van der Waals surface area contributed by atoms with Gasteiger partial charge < -0.3 is 15.5 Å². The maximum absolute atomic E-state index is 12.6. The molecular formula is C16H22ClN3O. The molecule has 0 spiro atoms. The lowest BCUT2D eigenvalue weighted by molar-refractivity contribution is 0.0644. The van der Waals surface area contributed by atoms with Crippen LogP contribution in [0.4, 0.5) is 5.69 Å². The predicted octanol–water partition coefficient (Wildman–Crippen LogP) is 2.62. The maximum Gasteiger partial charge on any atom is 0.255 e. The van der Waals surface area contributed by atoms with Gasteiger partial charge in [0, 0.05) is 24.8 Å². The molecule has 0 bridgehead atoms. The molecule has 2 aliphatic rings. The van der Waals surface area contributed by atoms with E-state index in [1.807, 2.05) is 4.90 Å². The molecule has 3 rings (SSSR count). The number of hydrogen-bond acceptors (Lipinski definition) is 3. The van der Waals surface area contributed by atoms with Crippen LogP contribution in [-0.4, -0.2) is 47.9 Å². The third-order valence-corrected chi connectivity index (χ3v) is 4.96. The first-order valence-corrected chi connectivity index (χ1v) is 8.11. The molecule has 0 unspecified atom stereocenters. The molecule has 2 N–H and O–H groups in total. The highest BCUT2D eigenvalue weighted by Crippen LogP contribution is 2.25. The number of carbonyl (C=O) groups excluding carboxylic acids is 1. The molecule has 1 aromatic rings. The number of nitrogens with zero attached hydrogens (tertiary/aromatic N) is 2. The third kappa shape index (κ3) is 3.16. The van der Waals surface area contributed by atoms with Gasteiger partial charge in [0.2, 0.25) is 0 Å². The Morgan fingerprint density at radius 2 is 1.81 bits per heavy atom. The number of anilines is 1. The summed E-state index contributed by atoms with van der Waals surface area (Å²) in [6.07, 6.45) is 4.76. The Kier molecular flexibility index (Phi) is 4.36. The van der Waals surface area contributed by atoms with Crippen molar-refractivity contribution < 1.29 is 4.79 Å². The van der Waals surface area contributed by atoms with E-state index in [-0.39, 0.29) is 5.91 Å². The molecule has 0 radical (unpaired) electrons. The molecule has 2 fully saturated rings. The minimum absolute atomic E-state index is 0.00664. The van der Waals surface area contributed by atoms with Crippen molar-refractivity contribution in [2.24, 2.45) is 0 Å². The van der Waals surface area contributed by atoms with Crippen molar-refractivity contribution in [3.05, 3.63) is 28.8 Å². The Hall–Kier alpha value is -1.26. The summed E-state index contributed by atoms with van der Waals surface area (Å²) in [7, 11) is 0. The van der Waals surface area contributed by atoms with Crippen molar-refractivity contribution in [1.29, 1.82) is 0 Å². The van der Waals surface area contributed by atoms with Gasteiger partial charge in [0.05, 0.1) is 10.6 Å². The SMILES string of the molecule is Nc1ccc(Cl)c(C(=O)N2CCC(N3CCCC3)CC2)c1. The van der Waals surface area contributed by atoms with Gasteiger partial charge in [-0.15, -0.1) is 0 Å². The van der Waals surface area contributed by atoms with Crippen molar-refractivity contribution in [2.45, 2.75) is 31.7 Å². The van der Waals surface area contributed by atoms with E-state index in [2.05, 4.69) is 4.90 Å². The second kappa shape index (κ2) is 6.24. The van der Waals surface area contributed by atoms with Crippen molar-refractivity contribution in [3.63, 3.8) is 0 Å². The molecule has 2 aliphatic heterocycles. The smallest absolute Gasteiger partial charge is 0.255 e. The molecule has 2 saturated heterocycles. The molecule has 0 atom stereocenters. The van der Waals surface area contributed by atoms with E-state index in [4.69, 9.17) is 17.3 Å². The minimum Gasteiger partial charge on any atom is -0.399 e. The maximum atomic E-state index is 12.6. The Morgan fingerprint density at radius 1 is 1.14 bits per heavy atom. The number of nitrogen functional groups attached to an aromatic ring is 1. The second-order valence-corrected chi connectivity index (χ2v) is 6.41. The van der Waals surface area contributed by atoms with Gasteiger partial charge in [-0.25, -0.2) is 0 Å². The first-order valence-electron chi connectivity index (χ1n) is 7.73. The van der Waals surface area contributed by atoms with E-state index >= 15 is 0 Å². The van der Waals surface area contributed by atoms with Gasteiger partial charge in [0.1, 0.15) is 0 Å². The predicted molar refractivity (Wildman–Crippen MR) is 85.6 cm³/mol. The number of piperidine rings is 1. The highest BCUT2D eigenvalue weighted by molar-refractivity contribution is 6.34. The van der Waals surface area contributed by atoms with Crippen LogP contribution in [0.3, 0.4) is 0 Å². The van der Waals surface area contributed by atoms with Gasteiger partial charge in [0.15, 0.2) is 0 Å². The van der Waals surface area contributed by atoms with Crippen molar-refractivity contribution >= 4 is 23.2 Å². The van der Waals surface area contributed by atoms with Crippen LogP contribution in [0.15, 0.2) is 18.2 Å². The van der Waals surface area contributed by atoms with Crippen LogP contribution in [-0.2, 0) is 0 Å². The topological polar surface area (TPSA) is 49.6 Å². The molecule has 0 saturated carbocycles. The summed E-state index contributed by atoms with van der Waals surface area (Å²) in [5, 5.41) is 0.482. The van der Waals surface area contributed by atoms with Gasteiger partial charge >= 0.3 is 0 Å². The van der Waals surface area contributed by atoms with Crippen molar-refractivity contribution in [3.8, 4) is 0 Å². The number of benzene rings is 1. The molecule has 0 aromatic heterocycles. The number of carbonyl (C=O) groups is 1. The highest BCUT2D eigenvalue weighted by atomic mass is 35.5. The average molecular weight is 308 g/mol. The summed E-state index contributed by atoms with van der Waals surface area (Å²) in [5.74, 6) is 0.00664. The summed E-state index contributed by atoms with van der Waals surface area (Å²) in [6, 6.07) is 5.74. The quantitative estimate of drug-likeness (QED) is 0.855. The van der Waals surface area contributed by atoms with E-state index in [0.717, 1.165) is 25.9 Å². The van der Waals surface area contributed by atoms with Crippen LogP contribution in [0, 0.1) is 0 Å². The zero-order valence-corrected chi connectivity index (χ0v) is 13.0. The number of nitrogens with two attached hydrogens (primary N) is 1. The second-order valence-electron chi connectivity index (χ2n) is 6.01. The monoisotopic (exact) mass is 307 g/mol. The Bertz CT molecular complexity index is 520. The zero-order chi connectivity index (χ0) is 14.8. The third-order valence-electron chi connectivity index (χ3n) is 4.63. The van der Waals surface area contributed by atoms with Gasteiger partial charge in [-0.1, -0.05) is 11.6 Å². The van der Waals surface area contributed by atoms with Crippen molar-refractivity contribution in [1.82, 2.24) is 9.80 Å². The Morgan fingerprint density at radius 3 is 2.48 bits per heavy atom. The van der Waals surface area contributed by atoms with E-state index in [9.17, 15) is 4.79 Å². The number of amides is 1. The summed E-state index contributed by atoms with van der Waals surface area (Å²) < 4.78 is 0. The molecular weight excluding hydrogens is 286 g/mol. The highest BCUT2D eigenvalue weighted by Gasteiger charge is 2.29. The fourth-order valence-corrected chi connectivity index (χ4v) is 3.62. The zero-order valence-electron chi connectivity index (χ0n) is 12.2. The molecule has 1 aromatic carbocycles. The van der Waals surface area contributed by atoms with Crippen LogP contribution in [0.25, 0.3) is 0 Å². The molecule has 114 valence electrons. The lowest BCUT2D eigenvalue weighted by Gasteiger charge is -2.36. The van der Waals surface area contributed by atoms with Gasteiger partial charge in [-0.3, -0.25) is 4.79 Å².